The highest BCUT2D eigenvalue weighted by molar-refractivity contribution is 9.10. The third-order valence-electron chi connectivity index (χ3n) is 2.60. The van der Waals surface area contributed by atoms with Gasteiger partial charge in [0.15, 0.2) is 5.82 Å². The van der Waals surface area contributed by atoms with E-state index in [2.05, 4.69) is 25.9 Å². The number of rotatable bonds is 3. The molecule has 15 heavy (non-hydrogen) atoms. The van der Waals surface area contributed by atoms with Gasteiger partial charge in [0.2, 0.25) is 0 Å². The monoisotopic (exact) mass is 271 g/mol. The fourth-order valence-corrected chi connectivity index (χ4v) is 1.92. The summed E-state index contributed by atoms with van der Waals surface area (Å²) in [7, 11) is 1.64. The van der Waals surface area contributed by atoms with Crippen molar-refractivity contribution in [3.8, 4) is 0 Å². The Morgan fingerprint density at radius 2 is 2.13 bits per heavy atom. The number of ether oxygens (including phenoxy) is 1. The number of halogens is 1. The summed E-state index contributed by atoms with van der Waals surface area (Å²) < 4.78 is 6.03. The quantitative estimate of drug-likeness (QED) is 0.917. The van der Waals surface area contributed by atoms with Crippen LogP contribution in [0.15, 0.2) is 4.47 Å². The van der Waals surface area contributed by atoms with Crippen LogP contribution in [-0.2, 0) is 4.74 Å². The highest BCUT2D eigenvalue weighted by atomic mass is 79.9. The molecule has 1 atom stereocenters. The maximum Gasteiger partial charge on any atom is 0.159 e. The van der Waals surface area contributed by atoms with E-state index in [-0.39, 0.29) is 6.10 Å². The van der Waals surface area contributed by atoms with Crippen molar-refractivity contribution in [1.29, 1.82) is 0 Å². The molecule has 0 amide bonds. The number of hydrogen-bond acceptors (Lipinski definition) is 4. The second-order valence-corrected chi connectivity index (χ2v) is 4.61. The fraction of sp³-hybridized carbons (Fsp3) is 0.600. The van der Waals surface area contributed by atoms with Crippen molar-refractivity contribution in [3.63, 3.8) is 0 Å². The molecule has 0 bridgehead atoms. The minimum absolute atomic E-state index is 0.113. The van der Waals surface area contributed by atoms with Gasteiger partial charge in [0.25, 0.3) is 0 Å². The van der Waals surface area contributed by atoms with Crippen molar-refractivity contribution in [2.75, 3.05) is 12.8 Å². The lowest BCUT2D eigenvalue weighted by atomic mass is 10.2. The van der Waals surface area contributed by atoms with Crippen LogP contribution in [0.3, 0.4) is 0 Å². The third kappa shape index (κ3) is 2.13. The van der Waals surface area contributed by atoms with Crippen molar-refractivity contribution in [1.82, 2.24) is 9.97 Å². The van der Waals surface area contributed by atoms with E-state index in [0.717, 1.165) is 10.2 Å². The number of methoxy groups -OCH3 is 1. The molecular weight excluding hydrogens is 258 g/mol. The van der Waals surface area contributed by atoms with Gasteiger partial charge in [0.05, 0.1) is 10.2 Å². The summed E-state index contributed by atoms with van der Waals surface area (Å²) in [5.41, 5.74) is 6.86. The first kappa shape index (κ1) is 10.8. The maximum atomic E-state index is 5.83. The third-order valence-corrected chi connectivity index (χ3v) is 3.41. The summed E-state index contributed by atoms with van der Waals surface area (Å²) in [5.74, 6) is 1.72. The molecule has 0 saturated heterocycles. The van der Waals surface area contributed by atoms with Crippen molar-refractivity contribution in [2.45, 2.75) is 31.8 Å². The summed E-state index contributed by atoms with van der Waals surface area (Å²) >= 11 is 3.44. The first-order valence-corrected chi connectivity index (χ1v) is 5.78. The molecule has 0 radical (unpaired) electrons. The topological polar surface area (TPSA) is 61.0 Å². The van der Waals surface area contributed by atoms with Crippen LogP contribution in [0.4, 0.5) is 5.82 Å². The lowest BCUT2D eigenvalue weighted by molar-refractivity contribution is 0.112. The smallest absolute Gasteiger partial charge is 0.159 e. The van der Waals surface area contributed by atoms with Crippen molar-refractivity contribution >= 4 is 21.7 Å². The maximum absolute atomic E-state index is 5.83. The SMILES string of the molecule is COC(C)c1nc(N)c(Br)c(C2CC2)n1. The van der Waals surface area contributed by atoms with Gasteiger partial charge >= 0.3 is 0 Å². The van der Waals surface area contributed by atoms with Crippen LogP contribution in [0.1, 0.15) is 43.3 Å². The number of anilines is 1. The number of nitrogens with two attached hydrogens (primary N) is 1. The largest absolute Gasteiger partial charge is 0.383 e. The molecule has 82 valence electrons. The molecule has 4 nitrogen and oxygen atoms in total. The predicted octanol–water partition coefficient (Wildman–Crippen LogP) is 2.41. The molecule has 5 heteroatoms. The van der Waals surface area contributed by atoms with Gasteiger partial charge in [-0.3, -0.25) is 0 Å². The summed E-state index contributed by atoms with van der Waals surface area (Å²) in [4.78, 5) is 8.71. The van der Waals surface area contributed by atoms with Gasteiger partial charge in [0.1, 0.15) is 11.9 Å². The molecule has 2 N–H and O–H groups in total. The predicted molar refractivity (Wildman–Crippen MR) is 61.5 cm³/mol. The lowest BCUT2D eigenvalue weighted by Gasteiger charge is -2.12. The molecule has 1 aromatic heterocycles. The van der Waals surface area contributed by atoms with E-state index in [1.54, 1.807) is 7.11 Å². The van der Waals surface area contributed by atoms with Crippen LogP contribution in [-0.4, -0.2) is 17.1 Å². The van der Waals surface area contributed by atoms with E-state index in [0.29, 0.717) is 17.6 Å². The van der Waals surface area contributed by atoms with Gasteiger partial charge in [0, 0.05) is 13.0 Å². The Balaban J connectivity index is 2.41. The molecule has 1 heterocycles. The Kier molecular flexibility index (Phi) is 2.93. The highest BCUT2D eigenvalue weighted by Crippen LogP contribution is 2.43. The van der Waals surface area contributed by atoms with Crippen molar-refractivity contribution < 1.29 is 4.74 Å². The second kappa shape index (κ2) is 4.06. The Morgan fingerprint density at radius 1 is 1.47 bits per heavy atom. The Bertz CT molecular complexity index is 379. The first-order valence-electron chi connectivity index (χ1n) is 4.99. The van der Waals surface area contributed by atoms with E-state index in [4.69, 9.17) is 10.5 Å². The van der Waals surface area contributed by atoms with E-state index >= 15 is 0 Å². The first-order chi connectivity index (χ1) is 7.13. The molecule has 1 unspecified atom stereocenters. The molecule has 1 aromatic rings. The minimum atomic E-state index is -0.113. The zero-order valence-electron chi connectivity index (χ0n) is 8.83. The number of nitrogens with zero attached hydrogens (tertiary/aromatic N) is 2. The van der Waals surface area contributed by atoms with E-state index < -0.39 is 0 Å². The van der Waals surface area contributed by atoms with Crippen LogP contribution in [0.2, 0.25) is 0 Å². The summed E-state index contributed by atoms with van der Waals surface area (Å²) in [6.45, 7) is 1.92. The molecule has 1 saturated carbocycles. The summed E-state index contributed by atoms with van der Waals surface area (Å²) in [5, 5.41) is 0. The van der Waals surface area contributed by atoms with Gasteiger partial charge in [-0.25, -0.2) is 9.97 Å². The van der Waals surface area contributed by atoms with Crippen LogP contribution in [0.5, 0.6) is 0 Å². The standard InChI is InChI=1S/C10H14BrN3O/c1-5(15-2)10-13-8(6-3-4-6)7(11)9(12)14-10/h5-6H,3-4H2,1-2H3,(H2,12,13,14). The molecule has 2 rings (SSSR count). The van der Waals surface area contributed by atoms with Crippen LogP contribution in [0, 0.1) is 0 Å². The van der Waals surface area contributed by atoms with E-state index in [1.165, 1.54) is 12.8 Å². The van der Waals surface area contributed by atoms with Crippen LogP contribution in [0.25, 0.3) is 0 Å². The zero-order chi connectivity index (χ0) is 11.0. The summed E-state index contributed by atoms with van der Waals surface area (Å²) in [6, 6.07) is 0. The van der Waals surface area contributed by atoms with E-state index in [9.17, 15) is 0 Å². The zero-order valence-corrected chi connectivity index (χ0v) is 10.4. The highest BCUT2D eigenvalue weighted by Gasteiger charge is 2.29. The second-order valence-electron chi connectivity index (χ2n) is 3.82. The van der Waals surface area contributed by atoms with Crippen LogP contribution < -0.4 is 5.73 Å². The number of aromatic nitrogens is 2. The summed E-state index contributed by atoms with van der Waals surface area (Å²) in [6.07, 6.45) is 2.27. The lowest BCUT2D eigenvalue weighted by Crippen LogP contribution is -2.08. The molecule has 1 fully saturated rings. The van der Waals surface area contributed by atoms with Gasteiger partial charge in [-0.1, -0.05) is 0 Å². The molecule has 1 aliphatic carbocycles. The Labute approximate surface area is 97.4 Å². The van der Waals surface area contributed by atoms with Gasteiger partial charge in [-0.2, -0.15) is 0 Å². The van der Waals surface area contributed by atoms with Gasteiger partial charge < -0.3 is 10.5 Å². The van der Waals surface area contributed by atoms with Crippen LogP contribution >= 0.6 is 15.9 Å². The normalized spacial score (nSPS) is 17.8. The molecule has 0 spiro atoms. The number of nitrogen functional groups attached to an aromatic ring is 1. The van der Waals surface area contributed by atoms with E-state index in [1.807, 2.05) is 6.92 Å². The average Bonchev–Trinajstić information content (AvgIpc) is 3.04. The fourth-order valence-electron chi connectivity index (χ4n) is 1.42. The Hall–Kier alpha value is -0.680. The van der Waals surface area contributed by atoms with Crippen molar-refractivity contribution in [2.24, 2.45) is 0 Å². The number of hydrogen-bond donors (Lipinski definition) is 1. The van der Waals surface area contributed by atoms with Gasteiger partial charge in [-0.05, 0) is 35.7 Å². The van der Waals surface area contributed by atoms with Crippen molar-refractivity contribution in [3.05, 3.63) is 16.0 Å². The Morgan fingerprint density at radius 3 is 2.67 bits per heavy atom. The molecule has 1 aliphatic rings. The molecule has 0 aromatic carbocycles. The molecule has 0 aliphatic heterocycles. The van der Waals surface area contributed by atoms with Gasteiger partial charge in [-0.15, -0.1) is 0 Å². The average molecular weight is 272 g/mol. The minimum Gasteiger partial charge on any atom is -0.383 e. The molecular formula is C10H14BrN3O.